The molecule has 0 unspecified atom stereocenters. The van der Waals surface area contributed by atoms with Crippen LogP contribution >= 0.6 is 10.8 Å². The van der Waals surface area contributed by atoms with Crippen molar-refractivity contribution in [3.63, 3.8) is 0 Å². The molecule has 1 aromatic carbocycles. The van der Waals surface area contributed by atoms with Crippen molar-refractivity contribution in [2.75, 3.05) is 6.26 Å². The van der Waals surface area contributed by atoms with Crippen LogP contribution in [0.5, 0.6) is 0 Å². The monoisotopic (exact) mass is 212 g/mol. The molecule has 0 aliphatic rings. The first-order valence-electron chi connectivity index (χ1n) is 3.02. The van der Waals surface area contributed by atoms with Crippen LogP contribution in [0.1, 0.15) is 0 Å². The second-order valence-corrected chi connectivity index (χ2v) is 5.96. The SMILES string of the molecule is CSS(=O)(=O)c1ccccc1.[NaH]. The summed E-state index contributed by atoms with van der Waals surface area (Å²) in [7, 11) is -2.23. The Morgan fingerprint density at radius 1 is 1.17 bits per heavy atom. The van der Waals surface area contributed by atoms with E-state index in [2.05, 4.69) is 0 Å². The Bertz CT molecular complexity index is 321. The summed E-state index contributed by atoms with van der Waals surface area (Å²) in [5.41, 5.74) is 0. The van der Waals surface area contributed by atoms with E-state index >= 15 is 0 Å². The minimum absolute atomic E-state index is 0. The molecule has 0 saturated carbocycles. The Labute approximate surface area is 98.4 Å². The minimum atomic E-state index is -3.08. The topological polar surface area (TPSA) is 34.1 Å². The molecule has 0 aromatic heterocycles. The molecule has 0 aliphatic carbocycles. The van der Waals surface area contributed by atoms with Crippen molar-refractivity contribution in [3.8, 4) is 0 Å². The number of benzene rings is 1. The van der Waals surface area contributed by atoms with Gasteiger partial charge in [0.25, 0.3) is 0 Å². The van der Waals surface area contributed by atoms with Crippen LogP contribution in [0.2, 0.25) is 0 Å². The van der Waals surface area contributed by atoms with Crippen molar-refractivity contribution in [2.24, 2.45) is 0 Å². The van der Waals surface area contributed by atoms with E-state index in [9.17, 15) is 8.42 Å². The molecular formula is C7H9NaO2S2. The van der Waals surface area contributed by atoms with Gasteiger partial charge in [0.1, 0.15) is 0 Å². The second-order valence-electron chi connectivity index (χ2n) is 1.93. The number of rotatable bonds is 2. The van der Waals surface area contributed by atoms with Crippen LogP contribution in [0.4, 0.5) is 0 Å². The number of hydrogen-bond donors (Lipinski definition) is 0. The molecule has 0 N–H and O–H groups in total. The van der Waals surface area contributed by atoms with Crippen LogP contribution in [0, 0.1) is 0 Å². The molecule has 0 aliphatic heterocycles. The molecule has 0 fully saturated rings. The fraction of sp³-hybridized carbons (Fsp3) is 0.143. The Kier molecular flexibility index (Phi) is 5.52. The van der Waals surface area contributed by atoms with E-state index < -0.39 is 8.87 Å². The maximum atomic E-state index is 11.2. The van der Waals surface area contributed by atoms with Gasteiger partial charge in [-0.1, -0.05) is 18.2 Å². The van der Waals surface area contributed by atoms with E-state index in [0.29, 0.717) is 4.90 Å². The van der Waals surface area contributed by atoms with Crippen LogP contribution in [-0.2, 0) is 8.87 Å². The molecule has 62 valence electrons. The van der Waals surface area contributed by atoms with Crippen molar-refractivity contribution >= 4 is 49.2 Å². The molecule has 1 aromatic rings. The molecule has 0 atom stereocenters. The Morgan fingerprint density at radius 3 is 2.08 bits per heavy atom. The van der Waals surface area contributed by atoms with Gasteiger partial charge in [-0.05, 0) is 29.2 Å². The summed E-state index contributed by atoms with van der Waals surface area (Å²) < 4.78 is 22.3. The van der Waals surface area contributed by atoms with Crippen LogP contribution in [0.3, 0.4) is 0 Å². The van der Waals surface area contributed by atoms with Gasteiger partial charge >= 0.3 is 29.6 Å². The fourth-order valence-corrected chi connectivity index (χ4v) is 2.28. The standard InChI is InChI=1S/C7H8O2S2.Na.H/c1-10-11(8,9)7-5-3-2-4-6-7;;/h2-6H,1H3;;. The summed E-state index contributed by atoms with van der Waals surface area (Å²) >= 11 is 0. The van der Waals surface area contributed by atoms with Crippen LogP contribution < -0.4 is 0 Å². The Balaban J connectivity index is 0.00000121. The normalized spacial score (nSPS) is 10.4. The van der Waals surface area contributed by atoms with Gasteiger partial charge in [-0.3, -0.25) is 0 Å². The van der Waals surface area contributed by atoms with E-state index in [1.54, 1.807) is 36.6 Å². The van der Waals surface area contributed by atoms with Gasteiger partial charge < -0.3 is 0 Å². The number of hydrogen-bond acceptors (Lipinski definition) is 3. The summed E-state index contributed by atoms with van der Waals surface area (Å²) in [5.74, 6) is 0. The van der Waals surface area contributed by atoms with Gasteiger partial charge in [-0.25, -0.2) is 8.42 Å². The third-order valence-electron chi connectivity index (χ3n) is 1.25. The zero-order valence-corrected chi connectivity index (χ0v) is 7.65. The van der Waals surface area contributed by atoms with Gasteiger partial charge in [-0.2, -0.15) is 0 Å². The first-order valence-corrected chi connectivity index (χ1v) is 6.25. The first-order chi connectivity index (χ1) is 5.17. The quantitative estimate of drug-likeness (QED) is 0.543. The second kappa shape index (κ2) is 5.29. The summed E-state index contributed by atoms with van der Waals surface area (Å²) in [6.45, 7) is 0. The van der Waals surface area contributed by atoms with E-state index in [0.717, 1.165) is 10.8 Å². The molecule has 12 heavy (non-hydrogen) atoms. The van der Waals surface area contributed by atoms with Crippen molar-refractivity contribution in [1.29, 1.82) is 0 Å². The maximum absolute atomic E-state index is 11.2. The fourth-order valence-electron chi connectivity index (χ4n) is 0.683. The molecule has 0 spiro atoms. The molecule has 0 saturated heterocycles. The first kappa shape index (κ1) is 12.5. The van der Waals surface area contributed by atoms with Gasteiger partial charge in [-0.15, -0.1) is 0 Å². The van der Waals surface area contributed by atoms with Gasteiger partial charge in [0.2, 0.25) is 8.87 Å². The predicted octanol–water partition coefficient (Wildman–Crippen LogP) is 1.09. The van der Waals surface area contributed by atoms with Crippen LogP contribution in [0.15, 0.2) is 35.2 Å². The predicted molar refractivity (Wildman–Crippen MR) is 54.3 cm³/mol. The molecule has 0 bridgehead atoms. The molecule has 5 heteroatoms. The molecule has 2 nitrogen and oxygen atoms in total. The average Bonchev–Trinajstić information content (AvgIpc) is 2.06. The van der Waals surface area contributed by atoms with E-state index in [1.807, 2.05) is 0 Å². The summed E-state index contributed by atoms with van der Waals surface area (Å²) in [6, 6.07) is 8.39. The van der Waals surface area contributed by atoms with Crippen molar-refractivity contribution in [3.05, 3.63) is 30.3 Å². The molecular weight excluding hydrogens is 203 g/mol. The van der Waals surface area contributed by atoms with Crippen LogP contribution in [-0.4, -0.2) is 44.2 Å². The zero-order chi connectivity index (χ0) is 8.32. The summed E-state index contributed by atoms with van der Waals surface area (Å²) in [6.07, 6.45) is 1.56. The van der Waals surface area contributed by atoms with Gasteiger partial charge in [0, 0.05) is 0 Å². The molecule has 0 radical (unpaired) electrons. The van der Waals surface area contributed by atoms with E-state index in [-0.39, 0.29) is 29.6 Å². The van der Waals surface area contributed by atoms with Gasteiger partial charge in [0.15, 0.2) is 0 Å². The van der Waals surface area contributed by atoms with Crippen molar-refractivity contribution in [2.45, 2.75) is 4.90 Å². The molecule has 0 heterocycles. The summed E-state index contributed by atoms with van der Waals surface area (Å²) in [5, 5.41) is 0. The molecule has 1 rings (SSSR count). The Morgan fingerprint density at radius 2 is 1.67 bits per heavy atom. The zero-order valence-electron chi connectivity index (χ0n) is 6.02. The van der Waals surface area contributed by atoms with E-state index in [1.165, 1.54) is 0 Å². The third kappa shape index (κ3) is 3.11. The van der Waals surface area contributed by atoms with Crippen molar-refractivity contribution < 1.29 is 8.42 Å². The third-order valence-corrected chi connectivity index (χ3v) is 4.43. The van der Waals surface area contributed by atoms with Gasteiger partial charge in [0.05, 0.1) is 4.90 Å². The molecule has 0 amide bonds. The summed E-state index contributed by atoms with van der Waals surface area (Å²) in [4.78, 5) is 0.368. The Hall–Kier alpha value is 0.520. The van der Waals surface area contributed by atoms with E-state index in [4.69, 9.17) is 0 Å². The average molecular weight is 212 g/mol. The van der Waals surface area contributed by atoms with Crippen LogP contribution in [0.25, 0.3) is 0 Å². The van der Waals surface area contributed by atoms with Crippen molar-refractivity contribution in [1.82, 2.24) is 0 Å².